The SMILES string of the molecule is Cc1[nH]n(-c2ccccc2)c(=O)c1N=Nc1cc(S(N)(=O)=O)ccc1[O-].Cc1[nH]n(-c2ccccc2)c(=O)c1N=Nc1cc(S([NH3+])(=O)=O)ccc1[O-].[Cr+3]. The van der Waals surface area contributed by atoms with Crippen LogP contribution in [0.2, 0.25) is 0 Å². The molecule has 18 nitrogen and oxygen atoms in total. The summed E-state index contributed by atoms with van der Waals surface area (Å²) < 4.78 is 48.4. The van der Waals surface area contributed by atoms with Crippen LogP contribution >= 0.6 is 0 Å². The molecule has 0 aliphatic carbocycles. The van der Waals surface area contributed by atoms with E-state index in [1.165, 1.54) is 9.36 Å². The van der Waals surface area contributed by atoms with Gasteiger partial charge in [-0.05, 0) is 62.4 Å². The molecule has 0 aliphatic heterocycles. The number of nitrogens with zero attached hydrogens (tertiary/aromatic N) is 6. The van der Waals surface area contributed by atoms with Gasteiger partial charge in [0.25, 0.3) is 11.1 Å². The molecule has 0 atom stereocenters. The van der Waals surface area contributed by atoms with E-state index in [9.17, 15) is 36.6 Å². The quantitative estimate of drug-likeness (QED) is 0.166. The van der Waals surface area contributed by atoms with Crippen molar-refractivity contribution in [2.45, 2.75) is 23.6 Å². The Balaban J connectivity index is 0.000000232. The zero-order chi connectivity index (χ0) is 37.8. The summed E-state index contributed by atoms with van der Waals surface area (Å²) in [7, 11) is -7.72. The molecule has 2 heterocycles. The minimum atomic E-state index is -3.99. The van der Waals surface area contributed by atoms with Gasteiger partial charge in [-0.25, -0.2) is 28.1 Å². The Kier molecular flexibility index (Phi) is 12.1. The predicted molar refractivity (Wildman–Crippen MR) is 184 cm³/mol. The minimum absolute atomic E-state index is 0. The van der Waals surface area contributed by atoms with Gasteiger partial charge < -0.3 is 10.2 Å². The van der Waals surface area contributed by atoms with E-state index in [-0.39, 0.29) is 49.9 Å². The molecule has 53 heavy (non-hydrogen) atoms. The number of rotatable bonds is 8. The Hall–Kier alpha value is -5.95. The number of hydrogen-bond acceptors (Lipinski definition) is 12. The first-order valence-electron chi connectivity index (χ1n) is 14.8. The molecule has 0 fully saturated rings. The van der Waals surface area contributed by atoms with E-state index in [1.807, 2.05) is 12.1 Å². The largest absolute Gasteiger partial charge is 3.00 e. The van der Waals surface area contributed by atoms with Crippen LogP contribution in [0.15, 0.2) is 137 Å². The number of sulfonamides is 2. The van der Waals surface area contributed by atoms with Gasteiger partial charge in [-0.1, -0.05) is 60.0 Å². The van der Waals surface area contributed by atoms with Crippen molar-refractivity contribution in [3.8, 4) is 22.9 Å². The van der Waals surface area contributed by atoms with E-state index in [1.54, 1.807) is 62.4 Å². The normalized spacial score (nSPS) is 11.7. The molecule has 0 bridgehead atoms. The summed E-state index contributed by atoms with van der Waals surface area (Å²) in [6, 6.07) is 24.2. The number of H-pyrrole nitrogens is 2. The third kappa shape index (κ3) is 9.30. The number of aromatic nitrogens is 4. The maximum absolute atomic E-state index is 12.5. The van der Waals surface area contributed by atoms with Crippen molar-refractivity contribution in [1.82, 2.24) is 19.6 Å². The van der Waals surface area contributed by atoms with Gasteiger partial charge in [-0.15, -0.1) is 10.2 Å². The van der Waals surface area contributed by atoms with Crippen LogP contribution in [0.1, 0.15) is 11.4 Å². The van der Waals surface area contributed by atoms with Crippen LogP contribution in [0.5, 0.6) is 11.5 Å². The van der Waals surface area contributed by atoms with Crippen LogP contribution in [0, 0.1) is 13.8 Å². The predicted octanol–water partition coefficient (Wildman–Crippen LogP) is 2.50. The Morgan fingerprint density at radius 2 is 1.00 bits per heavy atom. The van der Waals surface area contributed by atoms with Crippen LogP contribution in [0.3, 0.4) is 0 Å². The Morgan fingerprint density at radius 1 is 0.623 bits per heavy atom. The molecular formula is C32H29CrN10O8S2+2. The molecule has 7 N–H and O–H groups in total. The molecule has 6 rings (SSSR count). The van der Waals surface area contributed by atoms with Crippen LogP contribution < -0.4 is 31.6 Å². The zero-order valence-corrected chi connectivity index (χ0v) is 30.6. The van der Waals surface area contributed by atoms with Crippen LogP contribution in [-0.2, 0) is 37.4 Å². The number of hydrogen-bond donors (Lipinski definition) is 4. The first-order chi connectivity index (χ1) is 24.5. The van der Waals surface area contributed by atoms with Crippen molar-refractivity contribution in [2.24, 2.45) is 25.6 Å². The fraction of sp³-hybridized carbons (Fsp3) is 0.0625. The van der Waals surface area contributed by atoms with E-state index >= 15 is 0 Å². The van der Waals surface area contributed by atoms with Crippen molar-refractivity contribution in [3.63, 3.8) is 0 Å². The van der Waals surface area contributed by atoms with Crippen molar-refractivity contribution < 1.29 is 49.5 Å². The number of aromatic amines is 2. The van der Waals surface area contributed by atoms with Gasteiger partial charge in [-0.2, -0.15) is 18.6 Å². The first-order valence-corrected chi connectivity index (χ1v) is 18.0. The molecule has 2 aromatic heterocycles. The fourth-order valence-electron chi connectivity index (χ4n) is 4.56. The van der Waals surface area contributed by atoms with Gasteiger partial charge in [0, 0.05) is 0 Å². The van der Waals surface area contributed by atoms with Gasteiger partial charge in [0.2, 0.25) is 10.0 Å². The first kappa shape index (κ1) is 39.8. The molecule has 4 aromatic carbocycles. The number of aryl methyl sites for hydroxylation is 2. The standard InChI is InChI=1S/2C16H15N5O4S.Cr/c2*1-10-15(16(23)21(20-10)11-5-3-2-4-6-11)19-18-13-9-12(26(17,24)25)7-8-14(13)22;/h2*2-9,20,22H,1H3,(H2,17,24,25);/q;;+3/p-1. The number of nitrogens with one attached hydrogen (secondary N) is 2. The minimum Gasteiger partial charge on any atom is -0.871 e. The monoisotopic (exact) mass is 797 g/mol. The molecule has 21 heteroatoms. The molecule has 0 saturated heterocycles. The molecule has 0 saturated carbocycles. The summed E-state index contributed by atoms with van der Waals surface area (Å²) in [6.07, 6.45) is 0. The number of benzene rings is 4. The molecule has 0 aliphatic rings. The topological polar surface area (TPSA) is 293 Å². The maximum atomic E-state index is 12.5. The van der Waals surface area contributed by atoms with E-state index in [0.29, 0.717) is 22.8 Å². The molecule has 271 valence electrons. The van der Waals surface area contributed by atoms with Crippen molar-refractivity contribution in [3.05, 3.63) is 129 Å². The number of nitrogens with two attached hydrogens (primary N) is 1. The van der Waals surface area contributed by atoms with Gasteiger partial charge in [0.1, 0.15) is 4.90 Å². The molecular weight excluding hydrogens is 769 g/mol. The molecule has 6 aromatic rings. The summed E-state index contributed by atoms with van der Waals surface area (Å²) >= 11 is 0. The van der Waals surface area contributed by atoms with Gasteiger partial charge >= 0.3 is 27.4 Å². The van der Waals surface area contributed by atoms with Crippen LogP contribution in [0.25, 0.3) is 11.4 Å². The van der Waals surface area contributed by atoms with E-state index in [4.69, 9.17) is 5.14 Å². The number of azo groups is 2. The summed E-state index contributed by atoms with van der Waals surface area (Å²) in [5, 5.41) is 52.7. The number of primary sulfonamides is 1. The van der Waals surface area contributed by atoms with Crippen molar-refractivity contribution in [1.29, 1.82) is 0 Å². The summed E-state index contributed by atoms with van der Waals surface area (Å²) in [5.74, 6) is -1.06. The van der Waals surface area contributed by atoms with Gasteiger partial charge in [-0.3, -0.25) is 19.8 Å². The maximum Gasteiger partial charge on any atom is 3.00 e. The van der Waals surface area contributed by atoms with E-state index in [2.05, 4.69) is 35.8 Å². The second-order valence-corrected chi connectivity index (χ2v) is 14.2. The van der Waals surface area contributed by atoms with E-state index < -0.39 is 42.7 Å². The summed E-state index contributed by atoms with van der Waals surface area (Å²) in [5.41, 5.74) is 0.848. The van der Waals surface area contributed by atoms with Crippen LogP contribution in [-0.4, -0.2) is 36.4 Å². The molecule has 1 radical (unpaired) electrons. The molecule has 0 amide bonds. The molecule has 0 spiro atoms. The fourth-order valence-corrected chi connectivity index (χ4v) is 5.66. The third-order valence-electron chi connectivity index (χ3n) is 7.17. The number of para-hydroxylation sites is 2. The Bertz CT molecular complexity index is 2490. The van der Waals surface area contributed by atoms with Gasteiger partial charge in [0.15, 0.2) is 11.4 Å². The molecule has 0 unspecified atom stereocenters. The van der Waals surface area contributed by atoms with Crippen molar-refractivity contribution in [2.75, 3.05) is 0 Å². The number of quaternary nitrogens is 1. The van der Waals surface area contributed by atoms with Crippen molar-refractivity contribution >= 4 is 42.8 Å². The summed E-state index contributed by atoms with van der Waals surface area (Å²) in [4.78, 5) is 24.6. The second kappa shape index (κ2) is 16.2. The average Bonchev–Trinajstić information content (AvgIpc) is 3.56. The average molecular weight is 798 g/mol. The van der Waals surface area contributed by atoms with Gasteiger partial charge in [0.05, 0.1) is 39.0 Å². The third-order valence-corrected chi connectivity index (χ3v) is 9.06. The summed E-state index contributed by atoms with van der Waals surface area (Å²) in [6.45, 7) is 3.28. The second-order valence-electron chi connectivity index (χ2n) is 10.9. The Morgan fingerprint density at radius 3 is 1.38 bits per heavy atom. The van der Waals surface area contributed by atoms with E-state index in [0.717, 1.165) is 36.4 Å². The smallest absolute Gasteiger partial charge is 0.871 e. The Labute approximate surface area is 312 Å². The zero-order valence-electron chi connectivity index (χ0n) is 27.7. The van der Waals surface area contributed by atoms with Crippen LogP contribution in [0.4, 0.5) is 22.7 Å².